The first kappa shape index (κ1) is 16.6. The first-order chi connectivity index (χ1) is 11.6. The lowest BCUT2D eigenvalue weighted by Gasteiger charge is -2.32. The first-order valence-corrected chi connectivity index (χ1v) is 8.17. The molecule has 1 saturated heterocycles. The Morgan fingerprint density at radius 2 is 1.79 bits per heavy atom. The highest BCUT2D eigenvalue weighted by Crippen LogP contribution is 2.14. The highest BCUT2D eigenvalue weighted by Gasteiger charge is 2.14. The summed E-state index contributed by atoms with van der Waals surface area (Å²) >= 11 is 0. The molecule has 0 bridgehead atoms. The van der Waals surface area contributed by atoms with E-state index in [1.807, 2.05) is 24.3 Å². The molecule has 0 atom stereocenters. The van der Waals surface area contributed by atoms with E-state index in [-0.39, 0.29) is 5.91 Å². The third kappa shape index (κ3) is 4.40. The van der Waals surface area contributed by atoms with Crippen LogP contribution < -0.4 is 5.32 Å². The molecule has 24 heavy (non-hydrogen) atoms. The van der Waals surface area contributed by atoms with Crippen LogP contribution in [-0.2, 0) is 6.54 Å². The van der Waals surface area contributed by atoms with Crippen LogP contribution in [0.5, 0.6) is 0 Å². The minimum Gasteiger partial charge on any atom is -0.322 e. The average molecular weight is 327 g/mol. The monoisotopic (exact) mass is 327 g/mol. The van der Waals surface area contributed by atoms with Crippen LogP contribution in [0.15, 0.2) is 48.5 Å². The van der Waals surface area contributed by atoms with E-state index in [0.29, 0.717) is 11.3 Å². The smallest absolute Gasteiger partial charge is 0.255 e. The van der Waals surface area contributed by atoms with Crippen molar-refractivity contribution in [2.24, 2.45) is 0 Å². The van der Waals surface area contributed by atoms with Crippen molar-refractivity contribution in [3.8, 4) is 0 Å². The van der Waals surface area contributed by atoms with E-state index >= 15 is 0 Å². The number of nitrogens with zero attached hydrogens (tertiary/aromatic N) is 2. The van der Waals surface area contributed by atoms with Gasteiger partial charge in [-0.15, -0.1) is 0 Å². The Morgan fingerprint density at radius 1 is 1.08 bits per heavy atom. The fourth-order valence-corrected chi connectivity index (χ4v) is 2.79. The highest BCUT2D eigenvalue weighted by atomic mass is 19.1. The average Bonchev–Trinajstić information content (AvgIpc) is 2.59. The number of halogens is 1. The molecule has 1 fully saturated rings. The Kier molecular flexibility index (Phi) is 5.23. The van der Waals surface area contributed by atoms with Crippen LogP contribution in [0.25, 0.3) is 0 Å². The predicted molar refractivity (Wildman–Crippen MR) is 93.6 cm³/mol. The van der Waals surface area contributed by atoms with E-state index < -0.39 is 5.82 Å². The maximum atomic E-state index is 13.2. The maximum Gasteiger partial charge on any atom is 0.255 e. The number of piperazine rings is 1. The number of carbonyl (C=O) groups excluding carboxylic acids is 1. The van der Waals surface area contributed by atoms with Gasteiger partial charge in [-0.2, -0.15) is 0 Å². The van der Waals surface area contributed by atoms with Gasteiger partial charge in [-0.3, -0.25) is 9.69 Å². The molecule has 0 aromatic heterocycles. The van der Waals surface area contributed by atoms with Crippen molar-refractivity contribution in [1.82, 2.24) is 9.80 Å². The van der Waals surface area contributed by atoms with Gasteiger partial charge in [0.1, 0.15) is 5.82 Å². The number of carbonyl (C=O) groups is 1. The Balaban J connectivity index is 1.57. The molecule has 1 aliphatic rings. The standard InChI is InChI=1S/C19H22FN3O/c1-22-9-11-23(12-10-22)14-15-5-7-18(8-6-15)21-19(24)16-3-2-4-17(20)13-16/h2-8,13H,9-12,14H2,1H3,(H,21,24). The Labute approximate surface area is 141 Å². The largest absolute Gasteiger partial charge is 0.322 e. The number of nitrogens with one attached hydrogen (secondary N) is 1. The van der Waals surface area contributed by atoms with Gasteiger partial charge in [0.25, 0.3) is 5.91 Å². The molecule has 1 heterocycles. The van der Waals surface area contributed by atoms with E-state index in [4.69, 9.17) is 0 Å². The topological polar surface area (TPSA) is 35.6 Å². The maximum absolute atomic E-state index is 13.2. The summed E-state index contributed by atoms with van der Waals surface area (Å²) in [6, 6.07) is 13.5. The summed E-state index contributed by atoms with van der Waals surface area (Å²) in [4.78, 5) is 16.9. The van der Waals surface area contributed by atoms with Crippen molar-refractivity contribution in [1.29, 1.82) is 0 Å². The van der Waals surface area contributed by atoms with Crippen LogP contribution in [0.1, 0.15) is 15.9 Å². The lowest BCUT2D eigenvalue weighted by molar-refractivity contribution is 0.102. The number of hydrogen-bond donors (Lipinski definition) is 1. The fourth-order valence-electron chi connectivity index (χ4n) is 2.79. The number of amides is 1. The minimum absolute atomic E-state index is 0.304. The molecule has 0 aliphatic carbocycles. The Bertz CT molecular complexity index is 694. The molecular weight excluding hydrogens is 305 g/mol. The first-order valence-electron chi connectivity index (χ1n) is 8.17. The number of anilines is 1. The summed E-state index contributed by atoms with van der Waals surface area (Å²) < 4.78 is 13.2. The summed E-state index contributed by atoms with van der Waals surface area (Å²) in [6.07, 6.45) is 0. The summed E-state index contributed by atoms with van der Waals surface area (Å²) in [5, 5.41) is 2.80. The summed E-state index contributed by atoms with van der Waals surface area (Å²) in [5.41, 5.74) is 2.26. The van der Waals surface area contributed by atoms with Crippen molar-refractivity contribution >= 4 is 11.6 Å². The van der Waals surface area contributed by atoms with Gasteiger partial charge in [0.05, 0.1) is 0 Å². The lowest BCUT2D eigenvalue weighted by Crippen LogP contribution is -2.43. The van der Waals surface area contributed by atoms with Gasteiger partial charge in [0.15, 0.2) is 0 Å². The third-order valence-electron chi connectivity index (χ3n) is 4.30. The molecule has 0 spiro atoms. The van der Waals surface area contributed by atoms with Crippen LogP contribution in [0.2, 0.25) is 0 Å². The zero-order chi connectivity index (χ0) is 16.9. The van der Waals surface area contributed by atoms with Crippen LogP contribution >= 0.6 is 0 Å². The molecule has 1 amide bonds. The van der Waals surface area contributed by atoms with Gasteiger partial charge >= 0.3 is 0 Å². The second-order valence-corrected chi connectivity index (χ2v) is 6.24. The number of rotatable bonds is 4. The van der Waals surface area contributed by atoms with Crippen molar-refractivity contribution in [2.45, 2.75) is 6.54 Å². The van der Waals surface area contributed by atoms with Crippen molar-refractivity contribution in [3.05, 3.63) is 65.5 Å². The van der Waals surface area contributed by atoms with E-state index in [1.165, 1.54) is 23.8 Å². The second kappa shape index (κ2) is 7.55. The molecule has 4 nitrogen and oxygen atoms in total. The summed E-state index contributed by atoms with van der Waals surface area (Å²) in [5.74, 6) is -0.716. The second-order valence-electron chi connectivity index (χ2n) is 6.24. The van der Waals surface area contributed by atoms with Gasteiger partial charge in [0.2, 0.25) is 0 Å². The van der Waals surface area contributed by atoms with Crippen molar-refractivity contribution in [3.63, 3.8) is 0 Å². The quantitative estimate of drug-likeness (QED) is 0.938. The Morgan fingerprint density at radius 3 is 2.46 bits per heavy atom. The molecule has 0 saturated carbocycles. The normalized spacial score (nSPS) is 16.1. The lowest BCUT2D eigenvalue weighted by atomic mass is 10.1. The van der Waals surface area contributed by atoms with Crippen LogP contribution in [0, 0.1) is 5.82 Å². The molecule has 2 aromatic rings. The van der Waals surface area contributed by atoms with E-state index in [2.05, 4.69) is 22.2 Å². The number of likely N-dealkylation sites (N-methyl/N-ethyl adjacent to an activating group) is 1. The van der Waals surface area contributed by atoms with E-state index in [1.54, 1.807) is 6.07 Å². The van der Waals surface area contributed by atoms with Gasteiger partial charge < -0.3 is 10.2 Å². The fraction of sp³-hybridized carbons (Fsp3) is 0.316. The molecule has 5 heteroatoms. The van der Waals surface area contributed by atoms with Crippen LogP contribution in [0.4, 0.5) is 10.1 Å². The molecule has 126 valence electrons. The minimum atomic E-state index is -0.412. The molecule has 3 rings (SSSR count). The Hall–Kier alpha value is -2.24. The molecule has 0 radical (unpaired) electrons. The SMILES string of the molecule is CN1CCN(Cc2ccc(NC(=O)c3cccc(F)c3)cc2)CC1. The van der Waals surface area contributed by atoms with Crippen molar-refractivity contribution in [2.75, 3.05) is 38.5 Å². The zero-order valence-electron chi connectivity index (χ0n) is 13.8. The van der Waals surface area contributed by atoms with E-state index in [9.17, 15) is 9.18 Å². The molecule has 0 unspecified atom stereocenters. The number of benzene rings is 2. The van der Waals surface area contributed by atoms with Gasteiger partial charge in [-0.05, 0) is 42.9 Å². The molecule has 2 aromatic carbocycles. The van der Waals surface area contributed by atoms with Gasteiger partial charge in [-0.25, -0.2) is 4.39 Å². The van der Waals surface area contributed by atoms with Gasteiger partial charge in [0, 0.05) is 44.0 Å². The van der Waals surface area contributed by atoms with Crippen molar-refractivity contribution < 1.29 is 9.18 Å². The molecular formula is C19H22FN3O. The highest BCUT2D eigenvalue weighted by molar-refractivity contribution is 6.04. The third-order valence-corrected chi connectivity index (χ3v) is 4.30. The van der Waals surface area contributed by atoms with Crippen LogP contribution in [0.3, 0.4) is 0 Å². The predicted octanol–water partition coefficient (Wildman–Crippen LogP) is 2.83. The molecule has 1 aliphatic heterocycles. The van der Waals surface area contributed by atoms with E-state index in [0.717, 1.165) is 32.7 Å². The summed E-state index contributed by atoms with van der Waals surface area (Å²) in [6.45, 7) is 5.28. The zero-order valence-corrected chi connectivity index (χ0v) is 13.8. The molecule has 1 N–H and O–H groups in total. The van der Waals surface area contributed by atoms with Gasteiger partial charge in [-0.1, -0.05) is 18.2 Å². The van der Waals surface area contributed by atoms with Crippen LogP contribution in [-0.4, -0.2) is 48.9 Å². The number of hydrogen-bond acceptors (Lipinski definition) is 3. The summed E-state index contributed by atoms with van der Waals surface area (Å²) in [7, 11) is 2.15.